The van der Waals surface area contributed by atoms with Gasteiger partial charge in [0.2, 0.25) is 0 Å². The molecule has 0 spiro atoms. The third-order valence-electron chi connectivity index (χ3n) is 3.24. The van der Waals surface area contributed by atoms with Crippen LogP contribution in [0.2, 0.25) is 0 Å². The second-order valence-corrected chi connectivity index (χ2v) is 4.66. The van der Waals surface area contributed by atoms with Crippen LogP contribution in [-0.4, -0.2) is 37.0 Å². The van der Waals surface area contributed by atoms with Gasteiger partial charge in [-0.25, -0.2) is 0 Å². The number of likely N-dealkylation sites (tertiary alicyclic amines) is 1. The molecule has 0 aromatic carbocycles. The van der Waals surface area contributed by atoms with Crippen LogP contribution >= 0.6 is 24.0 Å². The van der Waals surface area contributed by atoms with E-state index in [1.807, 2.05) is 0 Å². The molecule has 0 radical (unpaired) electrons. The van der Waals surface area contributed by atoms with Crippen LogP contribution in [-0.2, 0) is 0 Å². The molecule has 0 atom stereocenters. The smallest absolute Gasteiger partial charge is 0.193 e. The van der Waals surface area contributed by atoms with Crippen LogP contribution in [0, 0.1) is 5.92 Å². The zero-order valence-corrected chi connectivity index (χ0v) is 12.6. The van der Waals surface area contributed by atoms with E-state index in [0.29, 0.717) is 0 Å². The molecule has 0 aromatic rings. The predicted molar refractivity (Wildman–Crippen MR) is 79.5 cm³/mol. The highest BCUT2D eigenvalue weighted by molar-refractivity contribution is 14.0. The fourth-order valence-corrected chi connectivity index (χ4v) is 2.11. The number of rotatable bonds is 4. The summed E-state index contributed by atoms with van der Waals surface area (Å²) in [6.45, 7) is 6.53. The first kappa shape index (κ1) is 14.1. The summed E-state index contributed by atoms with van der Waals surface area (Å²) >= 11 is 0. The fraction of sp³-hybridized carbons (Fsp3) is 0.917. The number of nitrogens with zero attached hydrogens (tertiary/aromatic N) is 2. The molecule has 1 heterocycles. The Labute approximate surface area is 116 Å². The van der Waals surface area contributed by atoms with Gasteiger partial charge in [-0.3, -0.25) is 4.99 Å². The molecular weight excluding hydrogens is 313 g/mol. The number of halogens is 1. The fourth-order valence-electron chi connectivity index (χ4n) is 2.11. The lowest BCUT2D eigenvalue weighted by atomic mass is 10.3. The quantitative estimate of drug-likeness (QED) is 0.485. The molecule has 1 saturated heterocycles. The van der Waals surface area contributed by atoms with Crippen molar-refractivity contribution in [2.24, 2.45) is 10.9 Å². The number of aliphatic imine (C=N–C) groups is 1. The Morgan fingerprint density at radius 2 is 2.00 bits per heavy atom. The van der Waals surface area contributed by atoms with Crippen LogP contribution in [0.15, 0.2) is 4.99 Å². The molecule has 16 heavy (non-hydrogen) atoms. The Kier molecular flexibility index (Phi) is 6.46. The summed E-state index contributed by atoms with van der Waals surface area (Å²) in [7, 11) is 0. The molecule has 0 amide bonds. The van der Waals surface area contributed by atoms with Gasteiger partial charge in [0, 0.05) is 26.2 Å². The molecule has 0 bridgehead atoms. The molecule has 3 nitrogen and oxygen atoms in total. The third-order valence-corrected chi connectivity index (χ3v) is 3.24. The van der Waals surface area contributed by atoms with E-state index in [9.17, 15) is 0 Å². The standard InChI is InChI=1S/C12H23N3.HI/c1-2-13-12(15-9-3-4-10-15)14-8-7-11-5-6-11;/h11H,2-10H2,1H3,(H,13,14);1H. The summed E-state index contributed by atoms with van der Waals surface area (Å²) < 4.78 is 0. The van der Waals surface area contributed by atoms with Crippen molar-refractivity contribution >= 4 is 29.9 Å². The molecule has 94 valence electrons. The minimum absolute atomic E-state index is 0. The highest BCUT2D eigenvalue weighted by atomic mass is 127. The van der Waals surface area contributed by atoms with E-state index in [2.05, 4.69) is 17.1 Å². The summed E-state index contributed by atoms with van der Waals surface area (Å²) in [6, 6.07) is 0. The van der Waals surface area contributed by atoms with Gasteiger partial charge < -0.3 is 10.2 Å². The minimum Gasteiger partial charge on any atom is -0.357 e. The lowest BCUT2D eigenvalue weighted by Crippen LogP contribution is -2.39. The van der Waals surface area contributed by atoms with E-state index in [1.54, 1.807) is 0 Å². The van der Waals surface area contributed by atoms with Gasteiger partial charge in [-0.05, 0) is 32.1 Å². The third kappa shape index (κ3) is 4.47. The van der Waals surface area contributed by atoms with Gasteiger partial charge in [0.15, 0.2) is 5.96 Å². The van der Waals surface area contributed by atoms with Crippen molar-refractivity contribution in [3.8, 4) is 0 Å². The Bertz CT molecular complexity index is 220. The average Bonchev–Trinajstić information content (AvgIpc) is 2.91. The Balaban J connectivity index is 0.00000128. The summed E-state index contributed by atoms with van der Waals surface area (Å²) in [5.41, 5.74) is 0. The summed E-state index contributed by atoms with van der Waals surface area (Å²) in [5, 5.41) is 3.39. The molecule has 1 aliphatic heterocycles. The van der Waals surface area contributed by atoms with E-state index in [4.69, 9.17) is 4.99 Å². The Hall–Kier alpha value is 0. The van der Waals surface area contributed by atoms with Gasteiger partial charge in [0.25, 0.3) is 0 Å². The Morgan fingerprint density at radius 3 is 2.56 bits per heavy atom. The van der Waals surface area contributed by atoms with Crippen LogP contribution in [0.25, 0.3) is 0 Å². The zero-order chi connectivity index (χ0) is 10.5. The van der Waals surface area contributed by atoms with E-state index >= 15 is 0 Å². The SMILES string of the molecule is CCNC(=NCCC1CC1)N1CCCC1.I. The van der Waals surface area contributed by atoms with E-state index < -0.39 is 0 Å². The van der Waals surface area contributed by atoms with Crippen molar-refractivity contribution in [2.75, 3.05) is 26.2 Å². The van der Waals surface area contributed by atoms with Crippen molar-refractivity contribution in [1.29, 1.82) is 0 Å². The number of nitrogens with one attached hydrogen (secondary N) is 1. The average molecular weight is 337 g/mol. The summed E-state index contributed by atoms with van der Waals surface area (Å²) in [6.07, 6.45) is 6.83. The molecular formula is C12H24IN3. The minimum atomic E-state index is 0. The molecule has 1 saturated carbocycles. The summed E-state index contributed by atoms with van der Waals surface area (Å²) in [4.78, 5) is 7.11. The maximum absolute atomic E-state index is 4.71. The molecule has 1 aliphatic carbocycles. The highest BCUT2D eigenvalue weighted by Crippen LogP contribution is 2.32. The second kappa shape index (κ2) is 7.35. The highest BCUT2D eigenvalue weighted by Gasteiger charge is 2.21. The van der Waals surface area contributed by atoms with Gasteiger partial charge in [-0.1, -0.05) is 12.8 Å². The van der Waals surface area contributed by atoms with Crippen molar-refractivity contribution in [3.63, 3.8) is 0 Å². The van der Waals surface area contributed by atoms with Crippen LogP contribution < -0.4 is 5.32 Å². The zero-order valence-electron chi connectivity index (χ0n) is 10.2. The maximum Gasteiger partial charge on any atom is 0.193 e. The first-order valence-corrected chi connectivity index (χ1v) is 6.43. The number of hydrogen-bond acceptors (Lipinski definition) is 1. The molecule has 2 rings (SSSR count). The predicted octanol–water partition coefficient (Wildman–Crippen LogP) is 2.47. The molecule has 2 aliphatic rings. The largest absolute Gasteiger partial charge is 0.357 e. The first-order valence-electron chi connectivity index (χ1n) is 6.43. The molecule has 0 aromatic heterocycles. The van der Waals surface area contributed by atoms with E-state index in [0.717, 1.165) is 25.0 Å². The van der Waals surface area contributed by atoms with Crippen molar-refractivity contribution in [2.45, 2.75) is 39.0 Å². The van der Waals surface area contributed by atoms with Gasteiger partial charge in [0.1, 0.15) is 0 Å². The van der Waals surface area contributed by atoms with Crippen molar-refractivity contribution < 1.29 is 0 Å². The van der Waals surface area contributed by atoms with Crippen LogP contribution in [0.4, 0.5) is 0 Å². The van der Waals surface area contributed by atoms with Crippen molar-refractivity contribution in [1.82, 2.24) is 10.2 Å². The van der Waals surface area contributed by atoms with Gasteiger partial charge >= 0.3 is 0 Å². The monoisotopic (exact) mass is 337 g/mol. The summed E-state index contributed by atoms with van der Waals surface area (Å²) in [5.74, 6) is 2.14. The first-order chi connectivity index (χ1) is 7.40. The molecule has 4 heteroatoms. The number of hydrogen-bond donors (Lipinski definition) is 1. The topological polar surface area (TPSA) is 27.6 Å². The molecule has 1 N–H and O–H groups in total. The van der Waals surface area contributed by atoms with Crippen LogP contribution in [0.3, 0.4) is 0 Å². The van der Waals surface area contributed by atoms with Crippen molar-refractivity contribution in [3.05, 3.63) is 0 Å². The van der Waals surface area contributed by atoms with Gasteiger partial charge in [-0.15, -0.1) is 24.0 Å². The normalized spacial score (nSPS) is 20.8. The van der Waals surface area contributed by atoms with Crippen LogP contribution in [0.5, 0.6) is 0 Å². The van der Waals surface area contributed by atoms with E-state index in [-0.39, 0.29) is 24.0 Å². The lowest BCUT2D eigenvalue weighted by Gasteiger charge is -2.20. The second-order valence-electron chi connectivity index (χ2n) is 4.66. The van der Waals surface area contributed by atoms with Gasteiger partial charge in [0.05, 0.1) is 0 Å². The van der Waals surface area contributed by atoms with E-state index in [1.165, 1.54) is 45.2 Å². The molecule has 2 fully saturated rings. The van der Waals surface area contributed by atoms with Crippen LogP contribution in [0.1, 0.15) is 39.0 Å². The molecule has 0 unspecified atom stereocenters. The van der Waals surface area contributed by atoms with Gasteiger partial charge in [-0.2, -0.15) is 0 Å². The lowest BCUT2D eigenvalue weighted by molar-refractivity contribution is 0.492. The Morgan fingerprint density at radius 1 is 1.31 bits per heavy atom. The maximum atomic E-state index is 4.71. The number of guanidine groups is 1.